The highest BCUT2D eigenvalue weighted by molar-refractivity contribution is 7.89. The van der Waals surface area contributed by atoms with Crippen molar-refractivity contribution in [3.63, 3.8) is 0 Å². The lowest BCUT2D eigenvalue weighted by molar-refractivity contribution is 0.0549. The Morgan fingerprint density at radius 3 is 2.43 bits per heavy atom. The normalized spacial score (nSPS) is 23.0. The topological polar surface area (TPSA) is 84.0 Å². The molecule has 158 valence electrons. The van der Waals surface area contributed by atoms with Crippen molar-refractivity contribution in [1.29, 1.82) is 0 Å². The molecule has 28 heavy (non-hydrogen) atoms. The largest absolute Gasteiger partial charge is 0.492 e. The van der Waals surface area contributed by atoms with Crippen molar-refractivity contribution in [2.45, 2.75) is 38.5 Å². The second-order valence-corrected chi connectivity index (χ2v) is 12.4. The molecular formula is C19H30N2O5S2. The Hall–Kier alpha value is -1.16. The third-order valence-electron chi connectivity index (χ3n) is 5.62. The van der Waals surface area contributed by atoms with Crippen molar-refractivity contribution in [3.8, 4) is 5.75 Å². The highest BCUT2D eigenvalue weighted by Gasteiger charge is 2.44. The Labute approximate surface area is 168 Å². The average molecular weight is 431 g/mol. The number of fused-ring (bicyclic) bond motifs is 1. The van der Waals surface area contributed by atoms with Gasteiger partial charge in [0.05, 0.1) is 12.4 Å². The first-order chi connectivity index (χ1) is 13.1. The smallest absolute Gasteiger partial charge is 0.246 e. The van der Waals surface area contributed by atoms with Gasteiger partial charge in [-0.05, 0) is 37.8 Å². The molecule has 2 aliphatic heterocycles. The van der Waals surface area contributed by atoms with Crippen molar-refractivity contribution in [2.75, 3.05) is 38.5 Å². The van der Waals surface area contributed by atoms with Crippen molar-refractivity contribution in [2.24, 2.45) is 11.3 Å². The molecule has 3 rings (SSSR count). The van der Waals surface area contributed by atoms with Gasteiger partial charge < -0.3 is 4.74 Å². The summed E-state index contributed by atoms with van der Waals surface area (Å²) in [5, 5.41) is 0. The van der Waals surface area contributed by atoms with Crippen LogP contribution in [0.25, 0.3) is 0 Å². The maximum absolute atomic E-state index is 13.3. The molecular weight excluding hydrogens is 400 g/mol. The standard InChI is InChI=1S/C19H30N2O5S2/c1-4-27(22,23)20-11-9-19(10-12-20)14-21(13-16(2)3)28(24,25)18-8-6-5-7-17(18)26-15-19/h5-8,16H,4,9-15H2,1-3H3. The van der Waals surface area contributed by atoms with Crippen LogP contribution in [0.2, 0.25) is 0 Å². The van der Waals surface area contributed by atoms with Gasteiger partial charge in [0.25, 0.3) is 0 Å². The second kappa shape index (κ2) is 7.93. The lowest BCUT2D eigenvalue weighted by Gasteiger charge is -2.44. The molecule has 1 aromatic rings. The lowest BCUT2D eigenvalue weighted by atomic mass is 9.79. The summed E-state index contributed by atoms with van der Waals surface area (Å²) in [5.41, 5.74) is -0.394. The number of hydrogen-bond donors (Lipinski definition) is 0. The van der Waals surface area contributed by atoms with Gasteiger partial charge in [-0.1, -0.05) is 26.0 Å². The van der Waals surface area contributed by atoms with E-state index in [-0.39, 0.29) is 16.6 Å². The van der Waals surface area contributed by atoms with Gasteiger partial charge in [-0.25, -0.2) is 21.1 Å². The Morgan fingerprint density at radius 1 is 1.18 bits per heavy atom. The maximum Gasteiger partial charge on any atom is 0.246 e. The molecule has 1 spiro atoms. The van der Waals surface area contributed by atoms with E-state index in [0.717, 1.165) is 0 Å². The quantitative estimate of drug-likeness (QED) is 0.731. The van der Waals surface area contributed by atoms with Crippen LogP contribution < -0.4 is 4.74 Å². The van der Waals surface area contributed by atoms with Gasteiger partial charge in [-0.2, -0.15) is 4.31 Å². The fraction of sp³-hybridized carbons (Fsp3) is 0.684. The van der Waals surface area contributed by atoms with Crippen LogP contribution in [-0.2, 0) is 20.0 Å². The van der Waals surface area contributed by atoms with Crippen LogP contribution >= 0.6 is 0 Å². The molecule has 2 aliphatic rings. The first kappa shape index (κ1) is 21.5. The monoisotopic (exact) mass is 430 g/mol. The average Bonchev–Trinajstić information content (AvgIpc) is 2.65. The number of ether oxygens (including phenoxy) is 1. The van der Waals surface area contributed by atoms with Gasteiger partial charge in [0.1, 0.15) is 10.6 Å². The predicted molar refractivity (Wildman–Crippen MR) is 108 cm³/mol. The Bertz CT molecular complexity index is 904. The zero-order valence-corrected chi connectivity index (χ0v) is 18.4. The SMILES string of the molecule is CCS(=O)(=O)N1CCC2(CC1)COc1ccccc1S(=O)(=O)N(CC(C)C)C2. The highest BCUT2D eigenvalue weighted by Crippen LogP contribution is 2.39. The Kier molecular flexibility index (Phi) is 6.10. The fourth-order valence-electron chi connectivity index (χ4n) is 3.95. The van der Waals surface area contributed by atoms with E-state index >= 15 is 0 Å². The molecule has 0 aliphatic carbocycles. The van der Waals surface area contributed by atoms with E-state index in [9.17, 15) is 16.8 Å². The molecule has 1 fully saturated rings. The summed E-state index contributed by atoms with van der Waals surface area (Å²) < 4.78 is 60.2. The van der Waals surface area contributed by atoms with Crippen LogP contribution in [0, 0.1) is 11.3 Å². The van der Waals surface area contributed by atoms with E-state index in [1.54, 1.807) is 35.5 Å². The first-order valence-electron chi connectivity index (χ1n) is 9.79. The van der Waals surface area contributed by atoms with E-state index in [1.807, 2.05) is 13.8 Å². The number of sulfonamides is 2. The van der Waals surface area contributed by atoms with Crippen molar-refractivity contribution >= 4 is 20.0 Å². The number of piperidine rings is 1. The minimum atomic E-state index is -3.68. The number of rotatable bonds is 4. The van der Waals surface area contributed by atoms with E-state index in [2.05, 4.69) is 0 Å². The van der Waals surface area contributed by atoms with Gasteiger partial charge in [-0.3, -0.25) is 0 Å². The predicted octanol–water partition coefficient (Wildman–Crippen LogP) is 2.16. The molecule has 2 heterocycles. The molecule has 0 atom stereocenters. The molecule has 0 unspecified atom stereocenters. The molecule has 1 saturated heterocycles. The first-order valence-corrected chi connectivity index (χ1v) is 12.8. The molecule has 0 bridgehead atoms. The summed E-state index contributed by atoms with van der Waals surface area (Å²) in [6.07, 6.45) is 1.16. The molecule has 0 aromatic heterocycles. The van der Waals surface area contributed by atoms with Gasteiger partial charge >= 0.3 is 0 Å². The summed E-state index contributed by atoms with van der Waals surface area (Å²) in [7, 11) is -6.92. The van der Waals surface area contributed by atoms with E-state index in [1.165, 1.54) is 4.31 Å². The zero-order chi connectivity index (χ0) is 20.6. The van der Waals surface area contributed by atoms with Gasteiger partial charge in [-0.15, -0.1) is 0 Å². The lowest BCUT2D eigenvalue weighted by Crippen LogP contribution is -2.53. The van der Waals surface area contributed by atoms with Crippen molar-refractivity contribution in [3.05, 3.63) is 24.3 Å². The summed E-state index contributed by atoms with van der Waals surface area (Å²) >= 11 is 0. The van der Waals surface area contributed by atoms with Gasteiger partial charge in [0, 0.05) is 31.6 Å². The zero-order valence-electron chi connectivity index (χ0n) is 16.8. The van der Waals surface area contributed by atoms with Gasteiger partial charge in [0.15, 0.2) is 0 Å². The molecule has 1 aromatic carbocycles. The van der Waals surface area contributed by atoms with Crippen molar-refractivity contribution < 1.29 is 21.6 Å². The molecule has 0 saturated carbocycles. The summed E-state index contributed by atoms with van der Waals surface area (Å²) in [5.74, 6) is 0.636. The number of hydrogen-bond acceptors (Lipinski definition) is 5. The third-order valence-corrected chi connectivity index (χ3v) is 9.36. The summed E-state index contributed by atoms with van der Waals surface area (Å²) in [4.78, 5) is 0.205. The number of para-hydroxylation sites is 1. The van der Waals surface area contributed by atoms with E-state index in [0.29, 0.717) is 51.4 Å². The van der Waals surface area contributed by atoms with Crippen LogP contribution in [0.1, 0.15) is 33.6 Å². The van der Waals surface area contributed by atoms with Crippen LogP contribution in [0.3, 0.4) is 0 Å². The molecule has 0 amide bonds. The molecule has 9 heteroatoms. The van der Waals surface area contributed by atoms with E-state index < -0.39 is 25.5 Å². The number of benzene rings is 1. The molecule has 0 N–H and O–H groups in total. The number of nitrogens with zero attached hydrogens (tertiary/aromatic N) is 2. The highest BCUT2D eigenvalue weighted by atomic mass is 32.2. The summed E-state index contributed by atoms with van der Waals surface area (Å²) in [6, 6.07) is 6.76. The fourth-order valence-corrected chi connectivity index (χ4v) is 6.90. The van der Waals surface area contributed by atoms with Gasteiger partial charge in [0.2, 0.25) is 20.0 Å². The Balaban J connectivity index is 1.94. The van der Waals surface area contributed by atoms with Crippen LogP contribution in [0.15, 0.2) is 29.2 Å². The van der Waals surface area contributed by atoms with Crippen molar-refractivity contribution in [1.82, 2.24) is 8.61 Å². The maximum atomic E-state index is 13.3. The van der Waals surface area contributed by atoms with E-state index in [4.69, 9.17) is 4.74 Å². The second-order valence-electron chi connectivity index (χ2n) is 8.23. The molecule has 0 radical (unpaired) electrons. The molecule has 7 nitrogen and oxygen atoms in total. The minimum absolute atomic E-state index is 0.0811. The summed E-state index contributed by atoms with van der Waals surface area (Å²) in [6.45, 7) is 7.60. The van der Waals surface area contributed by atoms with Crippen LogP contribution in [0.5, 0.6) is 5.75 Å². The van der Waals surface area contributed by atoms with Crippen LogP contribution in [-0.4, -0.2) is 64.0 Å². The third kappa shape index (κ3) is 4.22. The Morgan fingerprint density at radius 2 is 1.82 bits per heavy atom. The van der Waals surface area contributed by atoms with Crippen LogP contribution in [0.4, 0.5) is 0 Å². The minimum Gasteiger partial charge on any atom is -0.492 e.